The van der Waals surface area contributed by atoms with Crippen molar-refractivity contribution in [2.75, 3.05) is 0 Å². The van der Waals surface area contributed by atoms with Gasteiger partial charge in [-0.15, -0.1) is 23.1 Å². The number of hydrogen-bond donors (Lipinski definition) is 2. The molecule has 0 aliphatic carbocycles. The van der Waals surface area contributed by atoms with Crippen LogP contribution >= 0.6 is 23.1 Å². The van der Waals surface area contributed by atoms with E-state index in [-0.39, 0.29) is 5.01 Å². The molecule has 1 aromatic heterocycles. The Balaban J connectivity index is 2.02. The Morgan fingerprint density at radius 2 is 2.26 bits per heavy atom. The molecular weight excluding hydrogens is 292 g/mol. The van der Waals surface area contributed by atoms with Crippen molar-refractivity contribution < 1.29 is 13.6 Å². The monoisotopic (exact) mass is 301 g/mol. The van der Waals surface area contributed by atoms with Crippen molar-refractivity contribution in [3.05, 3.63) is 45.9 Å². The van der Waals surface area contributed by atoms with Crippen molar-refractivity contribution in [3.8, 4) is 0 Å². The van der Waals surface area contributed by atoms with Crippen molar-refractivity contribution in [1.29, 1.82) is 0 Å². The fourth-order valence-electron chi connectivity index (χ4n) is 1.28. The number of nitrogen functional groups attached to an aromatic ring is 1. The highest BCUT2D eigenvalue weighted by Gasteiger charge is 2.10. The zero-order valence-electron chi connectivity index (χ0n) is 9.52. The van der Waals surface area contributed by atoms with Gasteiger partial charge in [0.15, 0.2) is 5.01 Å². The number of carbonyl (C=O) groups is 1. The molecule has 2 rings (SSSR count). The summed E-state index contributed by atoms with van der Waals surface area (Å²) in [5, 5.41) is 1.94. The average molecular weight is 301 g/mol. The number of nitrogens with one attached hydrogen (secondary N) is 1. The third-order valence-electron chi connectivity index (χ3n) is 2.15. The van der Waals surface area contributed by atoms with Gasteiger partial charge in [0.05, 0.1) is 5.69 Å². The van der Waals surface area contributed by atoms with Crippen molar-refractivity contribution in [1.82, 2.24) is 10.4 Å². The summed E-state index contributed by atoms with van der Waals surface area (Å²) in [5.41, 5.74) is 2.62. The Labute approximate surface area is 116 Å². The summed E-state index contributed by atoms with van der Waals surface area (Å²) in [6.45, 7) is 0. The maximum absolute atomic E-state index is 13.4. The molecule has 0 aliphatic rings. The number of carbonyl (C=O) groups excluding carboxylic acids is 1. The number of nitrogens with two attached hydrogens (primary N) is 1. The number of rotatable bonds is 4. The Kier molecular flexibility index (Phi) is 4.46. The summed E-state index contributed by atoms with van der Waals surface area (Å²) in [4.78, 5) is 15.6. The van der Waals surface area contributed by atoms with Gasteiger partial charge in [0.1, 0.15) is 11.6 Å². The second kappa shape index (κ2) is 6.09. The van der Waals surface area contributed by atoms with E-state index in [1.807, 2.05) is 5.43 Å². The van der Waals surface area contributed by atoms with E-state index in [0.29, 0.717) is 16.3 Å². The quantitative estimate of drug-likeness (QED) is 0.393. The highest BCUT2D eigenvalue weighted by molar-refractivity contribution is 7.98. The largest absolute Gasteiger partial charge is 0.294 e. The second-order valence-electron chi connectivity index (χ2n) is 3.48. The van der Waals surface area contributed by atoms with Crippen molar-refractivity contribution in [2.24, 2.45) is 5.84 Å². The van der Waals surface area contributed by atoms with Crippen LogP contribution in [0.5, 0.6) is 0 Å². The van der Waals surface area contributed by atoms with Gasteiger partial charge in [-0.05, 0) is 12.1 Å². The summed E-state index contributed by atoms with van der Waals surface area (Å²) in [6, 6.07) is 3.39. The molecule has 19 heavy (non-hydrogen) atoms. The first-order chi connectivity index (χ1) is 9.10. The molecular formula is C11H9F2N3OS2. The van der Waals surface area contributed by atoms with Crippen molar-refractivity contribution in [3.63, 3.8) is 0 Å². The van der Waals surface area contributed by atoms with Gasteiger partial charge in [0.25, 0.3) is 5.91 Å². The zero-order valence-corrected chi connectivity index (χ0v) is 11.2. The van der Waals surface area contributed by atoms with Gasteiger partial charge < -0.3 is 0 Å². The number of benzene rings is 1. The molecule has 0 fully saturated rings. The van der Waals surface area contributed by atoms with Crippen LogP contribution in [-0.2, 0) is 5.75 Å². The van der Waals surface area contributed by atoms with Crippen molar-refractivity contribution in [2.45, 2.75) is 10.6 Å². The highest BCUT2D eigenvalue weighted by Crippen LogP contribution is 2.26. The standard InChI is InChI=1S/C11H9F2N3OS2/c12-6-1-2-9(8(13)3-6)18-4-7-5-19-11(15-7)10(17)16-14/h1-3,5H,4,14H2,(H,16,17). The minimum Gasteiger partial charge on any atom is -0.288 e. The first-order valence-electron chi connectivity index (χ1n) is 5.13. The van der Waals surface area contributed by atoms with E-state index in [0.717, 1.165) is 17.4 Å². The van der Waals surface area contributed by atoms with Crippen LogP contribution in [-0.4, -0.2) is 10.9 Å². The first-order valence-corrected chi connectivity index (χ1v) is 7.00. The third kappa shape index (κ3) is 3.49. The average Bonchev–Trinajstić information content (AvgIpc) is 2.85. The van der Waals surface area contributed by atoms with E-state index < -0.39 is 17.5 Å². The van der Waals surface area contributed by atoms with Gasteiger partial charge in [0, 0.05) is 22.1 Å². The molecule has 1 aromatic carbocycles. The molecule has 100 valence electrons. The SMILES string of the molecule is NNC(=O)c1nc(CSc2ccc(F)cc2F)cs1. The smallest absolute Gasteiger partial charge is 0.288 e. The summed E-state index contributed by atoms with van der Waals surface area (Å²) >= 11 is 2.33. The molecule has 0 saturated heterocycles. The van der Waals surface area contributed by atoms with E-state index in [9.17, 15) is 13.6 Å². The topological polar surface area (TPSA) is 68.0 Å². The molecule has 0 bridgehead atoms. The second-order valence-corrected chi connectivity index (χ2v) is 5.36. The van der Waals surface area contributed by atoms with Crippen LogP contribution in [0, 0.1) is 11.6 Å². The maximum Gasteiger partial charge on any atom is 0.294 e. The number of nitrogens with zero attached hydrogens (tertiary/aromatic N) is 1. The Morgan fingerprint density at radius 3 is 2.95 bits per heavy atom. The number of halogens is 2. The van der Waals surface area contributed by atoms with E-state index >= 15 is 0 Å². The molecule has 3 N–H and O–H groups in total. The predicted octanol–water partition coefficient (Wildman–Crippen LogP) is 2.32. The first kappa shape index (κ1) is 13.9. The van der Waals surface area contributed by atoms with Gasteiger partial charge in [-0.2, -0.15) is 0 Å². The van der Waals surface area contributed by atoms with E-state index in [1.54, 1.807) is 5.38 Å². The molecule has 1 amide bonds. The van der Waals surface area contributed by atoms with Gasteiger partial charge in [-0.1, -0.05) is 0 Å². The molecule has 0 radical (unpaired) electrons. The summed E-state index contributed by atoms with van der Waals surface area (Å²) < 4.78 is 26.1. The molecule has 1 heterocycles. The third-order valence-corrected chi connectivity index (χ3v) is 4.12. The predicted molar refractivity (Wildman–Crippen MR) is 69.7 cm³/mol. The molecule has 2 aromatic rings. The Bertz CT molecular complexity index is 603. The van der Waals surface area contributed by atoms with E-state index in [1.165, 1.54) is 23.9 Å². The number of hydrogen-bond acceptors (Lipinski definition) is 5. The summed E-state index contributed by atoms with van der Waals surface area (Å²) in [7, 11) is 0. The van der Waals surface area contributed by atoms with Crippen LogP contribution in [0.25, 0.3) is 0 Å². The number of thioether (sulfide) groups is 1. The maximum atomic E-state index is 13.4. The van der Waals surface area contributed by atoms with Crippen LogP contribution in [0.2, 0.25) is 0 Å². The van der Waals surface area contributed by atoms with Gasteiger partial charge in [-0.25, -0.2) is 19.6 Å². The molecule has 0 spiro atoms. The molecule has 0 unspecified atom stereocenters. The lowest BCUT2D eigenvalue weighted by Gasteiger charge is -2.01. The lowest BCUT2D eigenvalue weighted by atomic mass is 10.3. The molecule has 0 saturated carbocycles. The Hall–Kier alpha value is -1.51. The number of hydrazine groups is 1. The van der Waals surface area contributed by atoms with E-state index in [2.05, 4.69) is 4.98 Å². The molecule has 0 atom stereocenters. The lowest BCUT2D eigenvalue weighted by molar-refractivity contribution is 0.0953. The fourth-order valence-corrected chi connectivity index (χ4v) is 2.92. The number of amides is 1. The van der Waals surface area contributed by atoms with Gasteiger partial charge in [0.2, 0.25) is 0 Å². The minimum absolute atomic E-state index is 0.248. The molecule has 0 aliphatic heterocycles. The van der Waals surface area contributed by atoms with Crippen LogP contribution in [0.4, 0.5) is 8.78 Å². The van der Waals surface area contributed by atoms with Crippen LogP contribution in [0.1, 0.15) is 15.5 Å². The van der Waals surface area contributed by atoms with Gasteiger partial charge >= 0.3 is 0 Å². The minimum atomic E-state index is -0.614. The fraction of sp³-hybridized carbons (Fsp3) is 0.0909. The van der Waals surface area contributed by atoms with Gasteiger partial charge in [-0.3, -0.25) is 10.2 Å². The molecule has 4 nitrogen and oxygen atoms in total. The lowest BCUT2D eigenvalue weighted by Crippen LogP contribution is -2.29. The summed E-state index contributed by atoms with van der Waals surface area (Å²) in [5.74, 6) is 3.69. The number of thiazole rings is 1. The summed E-state index contributed by atoms with van der Waals surface area (Å²) in [6.07, 6.45) is 0. The highest BCUT2D eigenvalue weighted by atomic mass is 32.2. The van der Waals surface area contributed by atoms with E-state index in [4.69, 9.17) is 5.84 Å². The van der Waals surface area contributed by atoms with Crippen LogP contribution < -0.4 is 11.3 Å². The normalized spacial score (nSPS) is 10.5. The van der Waals surface area contributed by atoms with Crippen LogP contribution in [0.3, 0.4) is 0 Å². The Morgan fingerprint density at radius 1 is 1.47 bits per heavy atom. The van der Waals surface area contributed by atoms with Crippen molar-refractivity contribution >= 4 is 29.0 Å². The zero-order chi connectivity index (χ0) is 13.8. The number of aromatic nitrogens is 1. The van der Waals surface area contributed by atoms with Crippen LogP contribution in [0.15, 0.2) is 28.5 Å². The molecule has 8 heteroatoms.